The Bertz CT molecular complexity index is 1390. The number of anilines is 2. The van der Waals surface area contributed by atoms with Crippen molar-refractivity contribution in [3.8, 4) is 5.75 Å². The van der Waals surface area contributed by atoms with Crippen LogP contribution >= 0.6 is 11.6 Å². The normalized spacial score (nSPS) is 13.7. The summed E-state index contributed by atoms with van der Waals surface area (Å²) in [5.41, 5.74) is 2.23. The summed E-state index contributed by atoms with van der Waals surface area (Å²) < 4.78 is 61.1. The smallest absolute Gasteiger partial charge is 0.264 e. The molecule has 0 saturated heterocycles. The molecule has 1 heterocycles. The number of halogens is 1. The summed E-state index contributed by atoms with van der Waals surface area (Å²) in [6, 6.07) is 15.4. The van der Waals surface area contributed by atoms with Crippen molar-refractivity contribution in [3.05, 3.63) is 76.8 Å². The first-order valence-electron chi connectivity index (χ1n) is 9.70. The molecule has 0 radical (unpaired) electrons. The minimum Gasteiger partial charge on any atom is -0.496 e. The van der Waals surface area contributed by atoms with Crippen molar-refractivity contribution in [3.63, 3.8) is 0 Å². The summed E-state index contributed by atoms with van der Waals surface area (Å²) in [7, 11) is -6.17. The van der Waals surface area contributed by atoms with Gasteiger partial charge in [-0.25, -0.2) is 16.8 Å². The summed E-state index contributed by atoms with van der Waals surface area (Å²) in [6.45, 7) is 2.03. The SMILES string of the molecule is COc1ccc(S(=O)(=O)Nc2ccc3c(c2)N(S(=O)(=O)c2ccc(Cl)cc2)CC3)cc1C. The van der Waals surface area contributed by atoms with Crippen LogP contribution in [0.3, 0.4) is 0 Å². The van der Waals surface area contributed by atoms with Gasteiger partial charge in [0.2, 0.25) is 0 Å². The number of nitrogens with zero attached hydrogens (tertiary/aromatic N) is 1. The molecule has 3 aromatic carbocycles. The number of rotatable bonds is 6. The number of aryl methyl sites for hydroxylation is 1. The van der Waals surface area contributed by atoms with E-state index in [1.807, 2.05) is 0 Å². The first-order valence-corrected chi connectivity index (χ1v) is 13.0. The summed E-state index contributed by atoms with van der Waals surface area (Å²) in [5, 5.41) is 0.441. The van der Waals surface area contributed by atoms with Gasteiger partial charge < -0.3 is 4.74 Å². The van der Waals surface area contributed by atoms with Crippen molar-refractivity contribution in [2.45, 2.75) is 23.1 Å². The summed E-state index contributed by atoms with van der Waals surface area (Å²) >= 11 is 5.88. The maximum Gasteiger partial charge on any atom is 0.264 e. The van der Waals surface area contributed by atoms with E-state index in [0.717, 1.165) is 5.56 Å². The molecule has 7 nitrogen and oxygen atoms in total. The second-order valence-electron chi connectivity index (χ2n) is 7.36. The van der Waals surface area contributed by atoms with Crippen molar-refractivity contribution in [2.75, 3.05) is 22.7 Å². The van der Waals surface area contributed by atoms with Crippen molar-refractivity contribution >= 4 is 43.0 Å². The molecule has 32 heavy (non-hydrogen) atoms. The molecule has 0 saturated carbocycles. The highest BCUT2D eigenvalue weighted by molar-refractivity contribution is 7.93. The largest absolute Gasteiger partial charge is 0.496 e. The number of benzene rings is 3. The molecule has 0 fully saturated rings. The predicted molar refractivity (Wildman–Crippen MR) is 125 cm³/mol. The van der Waals surface area contributed by atoms with Crippen LogP contribution in [-0.2, 0) is 26.5 Å². The molecule has 1 N–H and O–H groups in total. The number of fused-ring (bicyclic) bond motifs is 1. The van der Waals surface area contributed by atoms with Crippen LogP contribution in [0, 0.1) is 6.92 Å². The van der Waals surface area contributed by atoms with Gasteiger partial charge in [0.05, 0.1) is 28.3 Å². The average molecular weight is 493 g/mol. The lowest BCUT2D eigenvalue weighted by atomic mass is 10.1. The Morgan fingerprint density at radius 3 is 2.28 bits per heavy atom. The molecule has 0 aromatic heterocycles. The Balaban J connectivity index is 1.65. The monoisotopic (exact) mass is 492 g/mol. The van der Waals surface area contributed by atoms with E-state index in [0.29, 0.717) is 28.4 Å². The van der Waals surface area contributed by atoms with Crippen molar-refractivity contribution in [1.82, 2.24) is 0 Å². The number of hydrogen-bond donors (Lipinski definition) is 1. The van der Waals surface area contributed by atoms with Crippen LogP contribution in [-0.4, -0.2) is 30.5 Å². The second-order valence-corrected chi connectivity index (χ2v) is 11.3. The molecule has 0 spiro atoms. The highest BCUT2D eigenvalue weighted by Crippen LogP contribution is 2.36. The Kier molecular flexibility index (Phi) is 5.83. The van der Waals surface area contributed by atoms with E-state index < -0.39 is 20.0 Å². The molecule has 3 aromatic rings. The maximum absolute atomic E-state index is 13.2. The third kappa shape index (κ3) is 4.15. The predicted octanol–water partition coefficient (Wildman–Crippen LogP) is 4.21. The Morgan fingerprint density at radius 2 is 1.62 bits per heavy atom. The minimum atomic E-state index is -3.88. The van der Waals surface area contributed by atoms with E-state index in [2.05, 4.69) is 4.72 Å². The molecular weight excluding hydrogens is 472 g/mol. The van der Waals surface area contributed by atoms with Crippen LogP contribution in [0.5, 0.6) is 5.75 Å². The fraction of sp³-hybridized carbons (Fsp3) is 0.182. The average Bonchev–Trinajstić information content (AvgIpc) is 3.18. The van der Waals surface area contributed by atoms with E-state index in [1.165, 1.54) is 47.8 Å². The Labute approximate surface area is 192 Å². The van der Waals surface area contributed by atoms with E-state index in [9.17, 15) is 16.8 Å². The highest BCUT2D eigenvalue weighted by atomic mass is 35.5. The van der Waals surface area contributed by atoms with Gasteiger partial charge in [-0.2, -0.15) is 0 Å². The van der Waals surface area contributed by atoms with Gasteiger partial charge >= 0.3 is 0 Å². The Hall–Kier alpha value is -2.75. The number of ether oxygens (including phenoxy) is 1. The first kappa shape index (κ1) is 22.4. The Morgan fingerprint density at radius 1 is 0.938 bits per heavy atom. The minimum absolute atomic E-state index is 0.0851. The molecular formula is C22H21ClN2O5S2. The van der Waals surface area contributed by atoms with Crippen molar-refractivity contribution < 1.29 is 21.6 Å². The zero-order valence-electron chi connectivity index (χ0n) is 17.4. The molecule has 1 aliphatic heterocycles. The van der Waals surface area contributed by atoms with Gasteiger partial charge in [0, 0.05) is 11.6 Å². The van der Waals surface area contributed by atoms with Crippen molar-refractivity contribution in [1.29, 1.82) is 0 Å². The maximum atomic E-state index is 13.2. The number of methoxy groups -OCH3 is 1. The number of hydrogen-bond acceptors (Lipinski definition) is 5. The highest BCUT2D eigenvalue weighted by Gasteiger charge is 2.31. The molecule has 4 rings (SSSR count). The third-order valence-corrected chi connectivity index (χ3v) is 8.73. The zero-order chi connectivity index (χ0) is 23.1. The van der Waals surface area contributed by atoms with E-state index in [4.69, 9.17) is 16.3 Å². The van der Waals surface area contributed by atoms with Gasteiger partial charge in [-0.15, -0.1) is 0 Å². The van der Waals surface area contributed by atoms with Gasteiger partial charge in [0.15, 0.2) is 0 Å². The van der Waals surface area contributed by atoms with Gasteiger partial charge in [0.25, 0.3) is 20.0 Å². The van der Waals surface area contributed by atoms with Crippen LogP contribution in [0.25, 0.3) is 0 Å². The number of sulfonamides is 2. The molecule has 0 bridgehead atoms. The van der Waals surface area contributed by atoms with Crippen molar-refractivity contribution in [2.24, 2.45) is 0 Å². The molecule has 0 amide bonds. The standard InChI is InChI=1S/C22H21ClN2O5S2/c1-15-13-20(9-10-22(15)30-2)31(26,27)24-18-6-3-16-11-12-25(21(16)14-18)32(28,29)19-7-4-17(23)5-8-19/h3-10,13-14,24H,11-12H2,1-2H3. The molecule has 10 heteroatoms. The lowest BCUT2D eigenvalue weighted by molar-refractivity contribution is 0.411. The van der Waals surface area contributed by atoms with Crippen LogP contribution < -0.4 is 13.8 Å². The van der Waals surface area contributed by atoms with Crippen LogP contribution in [0.2, 0.25) is 5.02 Å². The van der Waals surface area contributed by atoms with E-state index in [-0.39, 0.29) is 22.0 Å². The number of nitrogens with one attached hydrogen (secondary N) is 1. The van der Waals surface area contributed by atoms with Crippen LogP contribution in [0.15, 0.2) is 70.5 Å². The van der Waals surface area contributed by atoms with Gasteiger partial charge in [0.1, 0.15) is 5.75 Å². The second kappa shape index (κ2) is 8.31. The van der Waals surface area contributed by atoms with Gasteiger partial charge in [-0.3, -0.25) is 9.03 Å². The van der Waals surface area contributed by atoms with E-state index >= 15 is 0 Å². The van der Waals surface area contributed by atoms with Gasteiger partial charge in [-0.1, -0.05) is 17.7 Å². The van der Waals surface area contributed by atoms with Crippen LogP contribution in [0.4, 0.5) is 11.4 Å². The summed E-state index contributed by atoms with van der Waals surface area (Å²) in [5.74, 6) is 0.588. The molecule has 0 atom stereocenters. The summed E-state index contributed by atoms with van der Waals surface area (Å²) in [4.78, 5) is 0.205. The topological polar surface area (TPSA) is 92.8 Å². The first-order chi connectivity index (χ1) is 15.1. The fourth-order valence-electron chi connectivity index (χ4n) is 3.63. The van der Waals surface area contributed by atoms with E-state index in [1.54, 1.807) is 31.2 Å². The molecule has 0 unspecified atom stereocenters. The van der Waals surface area contributed by atoms with Crippen LogP contribution in [0.1, 0.15) is 11.1 Å². The lowest BCUT2D eigenvalue weighted by Crippen LogP contribution is -2.29. The summed E-state index contributed by atoms with van der Waals surface area (Å²) in [6.07, 6.45) is 0.535. The molecule has 1 aliphatic rings. The quantitative estimate of drug-likeness (QED) is 0.556. The molecule has 168 valence electrons. The van der Waals surface area contributed by atoms with Gasteiger partial charge in [-0.05, 0) is 79.1 Å². The zero-order valence-corrected chi connectivity index (χ0v) is 19.8. The molecule has 0 aliphatic carbocycles. The fourth-order valence-corrected chi connectivity index (χ4v) is 6.38. The third-order valence-electron chi connectivity index (χ3n) is 5.27. The lowest BCUT2D eigenvalue weighted by Gasteiger charge is -2.20.